The maximum absolute atomic E-state index is 5.99. The molecule has 0 aromatic carbocycles. The van der Waals surface area contributed by atoms with Crippen LogP contribution in [0.1, 0.15) is 54.4 Å². The molecule has 2 aromatic rings. The van der Waals surface area contributed by atoms with E-state index in [1.165, 1.54) is 42.4 Å². The van der Waals surface area contributed by atoms with Crippen LogP contribution in [-0.2, 0) is 5.88 Å². The van der Waals surface area contributed by atoms with Crippen LogP contribution in [0, 0.1) is 6.92 Å². The highest BCUT2D eigenvalue weighted by molar-refractivity contribution is 7.18. The number of halogens is 1. The summed E-state index contributed by atoms with van der Waals surface area (Å²) in [5.74, 6) is 2.04. The fourth-order valence-corrected chi connectivity index (χ4v) is 4.28. The molecule has 1 aliphatic carbocycles. The number of rotatable bonds is 2. The molecule has 0 aliphatic heterocycles. The second kappa shape index (κ2) is 5.14. The fraction of sp³-hybridized carbons (Fsp3) is 0.571. The van der Waals surface area contributed by atoms with Crippen molar-refractivity contribution < 1.29 is 0 Å². The molecule has 0 N–H and O–H groups in total. The maximum Gasteiger partial charge on any atom is 0.127 e. The molecule has 1 aliphatic rings. The molecule has 0 saturated heterocycles. The number of nitrogens with zero attached hydrogens (tertiary/aromatic N) is 2. The van der Waals surface area contributed by atoms with Crippen LogP contribution in [0.5, 0.6) is 0 Å². The number of alkyl halides is 1. The van der Waals surface area contributed by atoms with E-state index in [1.807, 2.05) is 18.3 Å². The molecule has 18 heavy (non-hydrogen) atoms. The first-order chi connectivity index (χ1) is 8.78. The monoisotopic (exact) mass is 280 g/mol. The largest absolute Gasteiger partial charge is 0.236 e. The van der Waals surface area contributed by atoms with Crippen molar-refractivity contribution in [3.8, 4) is 0 Å². The van der Waals surface area contributed by atoms with Gasteiger partial charge in [-0.1, -0.05) is 19.3 Å². The van der Waals surface area contributed by atoms with Crippen LogP contribution in [0.3, 0.4) is 0 Å². The lowest BCUT2D eigenvalue weighted by molar-refractivity contribution is 0.448. The van der Waals surface area contributed by atoms with Gasteiger partial charge in [0.1, 0.15) is 10.7 Å². The number of aromatic nitrogens is 2. The Morgan fingerprint density at radius 1 is 1.28 bits per heavy atom. The highest BCUT2D eigenvalue weighted by atomic mass is 35.5. The van der Waals surface area contributed by atoms with Gasteiger partial charge in [0.15, 0.2) is 0 Å². The Morgan fingerprint density at radius 3 is 2.78 bits per heavy atom. The summed E-state index contributed by atoms with van der Waals surface area (Å²) in [7, 11) is 0. The van der Waals surface area contributed by atoms with Crippen molar-refractivity contribution in [2.75, 3.05) is 0 Å². The van der Waals surface area contributed by atoms with Crippen LogP contribution in [0.25, 0.3) is 10.2 Å². The Labute approximate surface area is 116 Å². The van der Waals surface area contributed by atoms with Crippen molar-refractivity contribution >= 4 is 33.2 Å². The minimum absolute atomic E-state index is 0.473. The normalized spacial score (nSPS) is 17.4. The van der Waals surface area contributed by atoms with E-state index in [2.05, 4.69) is 16.0 Å². The van der Waals surface area contributed by atoms with E-state index in [1.54, 1.807) is 0 Å². The zero-order valence-corrected chi connectivity index (χ0v) is 12.2. The summed E-state index contributed by atoms with van der Waals surface area (Å²) in [5.41, 5.74) is 0.984. The number of hydrogen-bond acceptors (Lipinski definition) is 3. The molecule has 0 bridgehead atoms. The van der Waals surface area contributed by atoms with Gasteiger partial charge in [-0.2, -0.15) is 0 Å². The Balaban J connectivity index is 2.04. The van der Waals surface area contributed by atoms with Gasteiger partial charge in [-0.3, -0.25) is 0 Å². The lowest BCUT2D eigenvalue weighted by Gasteiger charge is -2.19. The topological polar surface area (TPSA) is 25.8 Å². The fourth-order valence-electron chi connectivity index (χ4n) is 2.81. The van der Waals surface area contributed by atoms with Crippen LogP contribution in [0.15, 0.2) is 6.07 Å². The molecule has 0 radical (unpaired) electrons. The van der Waals surface area contributed by atoms with Crippen molar-refractivity contribution in [2.45, 2.75) is 50.8 Å². The zero-order valence-electron chi connectivity index (χ0n) is 10.6. The molecule has 0 spiro atoms. The third kappa shape index (κ3) is 2.26. The van der Waals surface area contributed by atoms with Gasteiger partial charge < -0.3 is 0 Å². The molecule has 2 nitrogen and oxygen atoms in total. The summed E-state index contributed by atoms with van der Waals surface area (Å²) < 4.78 is 0. The number of thiophene rings is 1. The van der Waals surface area contributed by atoms with Gasteiger partial charge in [0, 0.05) is 10.3 Å². The van der Waals surface area contributed by atoms with Gasteiger partial charge in [-0.25, -0.2) is 9.97 Å². The van der Waals surface area contributed by atoms with Crippen LogP contribution in [0.2, 0.25) is 0 Å². The summed E-state index contributed by atoms with van der Waals surface area (Å²) in [6.45, 7) is 1.94. The molecule has 1 saturated carbocycles. The van der Waals surface area contributed by atoms with Gasteiger partial charge in [0.2, 0.25) is 0 Å². The predicted molar refractivity (Wildman–Crippen MR) is 77.5 cm³/mol. The summed E-state index contributed by atoms with van der Waals surface area (Å²) in [5, 5.41) is 1.17. The molecular formula is C14H17ClN2S. The molecular weight excluding hydrogens is 264 g/mol. The quantitative estimate of drug-likeness (QED) is 0.740. The summed E-state index contributed by atoms with van der Waals surface area (Å²) in [4.78, 5) is 11.6. The highest BCUT2D eigenvalue weighted by Gasteiger charge is 2.19. The van der Waals surface area contributed by atoms with E-state index in [0.29, 0.717) is 5.88 Å². The minimum atomic E-state index is 0.473. The van der Waals surface area contributed by atoms with Gasteiger partial charge in [-0.15, -0.1) is 22.9 Å². The molecule has 3 rings (SSSR count). The standard InChI is InChI=1S/C14H17ClN2S/c1-9-16-12(8-15)11-7-13(18-14(11)17-9)10-5-3-2-4-6-10/h7,10H,2-6,8H2,1H3. The Kier molecular flexibility index (Phi) is 3.53. The second-order valence-corrected chi connectivity index (χ2v) is 6.38. The maximum atomic E-state index is 5.99. The van der Waals surface area contributed by atoms with Crippen LogP contribution in [-0.4, -0.2) is 9.97 Å². The van der Waals surface area contributed by atoms with Crippen molar-refractivity contribution in [3.05, 3.63) is 22.5 Å². The number of aryl methyl sites for hydroxylation is 1. The minimum Gasteiger partial charge on any atom is -0.236 e. The van der Waals surface area contributed by atoms with Gasteiger partial charge in [0.25, 0.3) is 0 Å². The number of fused-ring (bicyclic) bond motifs is 1. The summed E-state index contributed by atoms with van der Waals surface area (Å²) >= 11 is 7.83. The van der Waals surface area contributed by atoms with E-state index >= 15 is 0 Å². The van der Waals surface area contributed by atoms with Crippen LogP contribution < -0.4 is 0 Å². The van der Waals surface area contributed by atoms with Gasteiger partial charge in [-0.05, 0) is 31.7 Å². The second-order valence-electron chi connectivity index (χ2n) is 5.05. The molecule has 2 heterocycles. The third-order valence-corrected chi connectivity index (χ3v) is 5.18. The van der Waals surface area contributed by atoms with Crippen LogP contribution in [0.4, 0.5) is 0 Å². The lowest BCUT2D eigenvalue weighted by atomic mass is 9.88. The lowest BCUT2D eigenvalue weighted by Crippen LogP contribution is -2.02. The third-order valence-electron chi connectivity index (χ3n) is 3.74. The molecule has 0 amide bonds. The van der Waals surface area contributed by atoms with E-state index in [-0.39, 0.29) is 0 Å². The van der Waals surface area contributed by atoms with E-state index in [4.69, 9.17) is 11.6 Å². The van der Waals surface area contributed by atoms with Crippen molar-refractivity contribution in [3.63, 3.8) is 0 Å². The van der Waals surface area contributed by atoms with Crippen molar-refractivity contribution in [2.24, 2.45) is 0 Å². The summed E-state index contributed by atoms with van der Waals surface area (Å²) in [6.07, 6.45) is 6.79. The van der Waals surface area contributed by atoms with Gasteiger partial charge >= 0.3 is 0 Å². The first-order valence-electron chi connectivity index (χ1n) is 6.61. The average Bonchev–Trinajstić information content (AvgIpc) is 2.82. The van der Waals surface area contributed by atoms with E-state index in [9.17, 15) is 0 Å². The molecule has 1 fully saturated rings. The SMILES string of the molecule is Cc1nc(CCl)c2cc(C3CCCCC3)sc2n1. The Hall–Kier alpha value is -0.670. The molecule has 96 valence electrons. The molecule has 0 unspecified atom stereocenters. The first-order valence-corrected chi connectivity index (χ1v) is 7.96. The zero-order chi connectivity index (χ0) is 12.5. The Bertz CT molecular complexity index is 558. The van der Waals surface area contributed by atoms with E-state index < -0.39 is 0 Å². The van der Waals surface area contributed by atoms with Crippen LogP contribution >= 0.6 is 22.9 Å². The van der Waals surface area contributed by atoms with Crippen molar-refractivity contribution in [1.82, 2.24) is 9.97 Å². The average molecular weight is 281 g/mol. The molecule has 0 atom stereocenters. The summed E-state index contributed by atoms with van der Waals surface area (Å²) in [6, 6.07) is 2.28. The Morgan fingerprint density at radius 2 is 2.06 bits per heavy atom. The van der Waals surface area contributed by atoms with E-state index in [0.717, 1.165) is 22.3 Å². The molecule has 4 heteroatoms. The first kappa shape index (κ1) is 12.4. The van der Waals surface area contributed by atoms with Gasteiger partial charge in [0.05, 0.1) is 11.6 Å². The smallest absolute Gasteiger partial charge is 0.127 e. The predicted octanol–water partition coefficient (Wildman–Crippen LogP) is 4.79. The number of hydrogen-bond donors (Lipinski definition) is 0. The molecule has 2 aromatic heterocycles. The van der Waals surface area contributed by atoms with Crippen molar-refractivity contribution in [1.29, 1.82) is 0 Å². The highest BCUT2D eigenvalue weighted by Crippen LogP contribution is 2.39.